The van der Waals surface area contributed by atoms with Gasteiger partial charge >= 0.3 is 0 Å². The van der Waals surface area contributed by atoms with Gasteiger partial charge in [-0.2, -0.15) is 0 Å². The van der Waals surface area contributed by atoms with Crippen LogP contribution in [-0.4, -0.2) is 37.1 Å². The van der Waals surface area contributed by atoms with Crippen molar-refractivity contribution in [1.29, 1.82) is 0 Å². The number of carbonyl (C=O) groups excluding carboxylic acids is 1. The highest BCUT2D eigenvalue weighted by Gasteiger charge is 2.22. The minimum Gasteiger partial charge on any atom is -0.497 e. The number of ether oxygens (including phenoxy) is 1. The Morgan fingerprint density at radius 1 is 1.17 bits per heavy atom. The molecule has 0 aliphatic carbocycles. The molecule has 1 fully saturated rings. The van der Waals surface area contributed by atoms with Gasteiger partial charge in [0.25, 0.3) is 5.91 Å². The van der Waals surface area contributed by atoms with Crippen molar-refractivity contribution in [1.82, 2.24) is 10.3 Å². The fourth-order valence-electron chi connectivity index (χ4n) is 3.47. The lowest BCUT2D eigenvalue weighted by molar-refractivity contribution is 0.0935. The molecule has 5 nitrogen and oxygen atoms in total. The van der Waals surface area contributed by atoms with E-state index in [2.05, 4.69) is 27.3 Å². The molecule has 0 saturated carbocycles. The molecule has 150 valence electrons. The number of nitrogens with zero attached hydrogens (tertiary/aromatic N) is 2. The van der Waals surface area contributed by atoms with Gasteiger partial charge in [0.1, 0.15) is 21.5 Å². The van der Waals surface area contributed by atoms with Crippen LogP contribution in [0.5, 0.6) is 5.75 Å². The van der Waals surface area contributed by atoms with Crippen LogP contribution in [0, 0.1) is 5.82 Å². The molecule has 0 unspecified atom stereocenters. The highest BCUT2D eigenvalue weighted by Crippen LogP contribution is 2.28. The van der Waals surface area contributed by atoms with E-state index in [1.807, 2.05) is 12.1 Å². The molecule has 0 atom stereocenters. The smallest absolute Gasteiger partial charge is 0.263 e. The molecular formula is C22H22FN3O2S. The number of hydrogen-bond donors (Lipinski definition) is 1. The van der Waals surface area contributed by atoms with Crippen LogP contribution in [0.25, 0.3) is 10.6 Å². The summed E-state index contributed by atoms with van der Waals surface area (Å²) in [6.07, 6.45) is 3.27. The summed E-state index contributed by atoms with van der Waals surface area (Å²) in [4.78, 5) is 19.6. The minimum atomic E-state index is -0.334. The summed E-state index contributed by atoms with van der Waals surface area (Å²) in [6, 6.07) is 14.6. The molecule has 2 heterocycles. The van der Waals surface area contributed by atoms with Gasteiger partial charge in [0.15, 0.2) is 0 Å². The lowest BCUT2D eigenvalue weighted by Crippen LogP contribution is -2.44. The van der Waals surface area contributed by atoms with Crippen LogP contribution in [0.1, 0.15) is 22.5 Å². The zero-order valence-corrected chi connectivity index (χ0v) is 16.9. The standard InChI is InChI=1S/C22H22FN3O2S/c1-28-17-8-6-16(7-9-17)26-12-10-15(11-13-26)25-21(27)20-14-24-22(29-20)18-4-2-3-5-19(18)23/h2-9,14-15H,10-13H2,1H3,(H,25,27). The van der Waals surface area contributed by atoms with Crippen molar-refractivity contribution in [3.05, 3.63) is 65.4 Å². The van der Waals surface area contributed by atoms with Gasteiger partial charge in [-0.15, -0.1) is 11.3 Å². The van der Waals surface area contributed by atoms with E-state index in [0.717, 1.165) is 37.4 Å². The summed E-state index contributed by atoms with van der Waals surface area (Å²) in [5.74, 6) is 0.364. The number of methoxy groups -OCH3 is 1. The van der Waals surface area contributed by atoms with Crippen molar-refractivity contribution in [3.63, 3.8) is 0 Å². The number of amides is 1. The normalized spacial score (nSPS) is 14.6. The van der Waals surface area contributed by atoms with Crippen molar-refractivity contribution in [2.75, 3.05) is 25.1 Å². The summed E-state index contributed by atoms with van der Waals surface area (Å²) < 4.78 is 19.1. The molecule has 0 bridgehead atoms. The number of anilines is 1. The second-order valence-electron chi connectivity index (χ2n) is 6.94. The molecular weight excluding hydrogens is 389 g/mol. The number of aromatic nitrogens is 1. The van der Waals surface area contributed by atoms with E-state index in [4.69, 9.17) is 4.74 Å². The third kappa shape index (κ3) is 4.40. The molecule has 1 saturated heterocycles. The second-order valence-corrected chi connectivity index (χ2v) is 7.97. The Balaban J connectivity index is 1.34. The molecule has 1 aromatic heterocycles. The Labute approximate surface area is 173 Å². The fraction of sp³-hybridized carbons (Fsp3) is 0.273. The van der Waals surface area contributed by atoms with Crippen LogP contribution < -0.4 is 15.0 Å². The van der Waals surface area contributed by atoms with Crippen LogP contribution in [0.15, 0.2) is 54.7 Å². The third-order valence-electron chi connectivity index (χ3n) is 5.10. The predicted octanol–water partition coefficient (Wildman–Crippen LogP) is 4.36. The van der Waals surface area contributed by atoms with Gasteiger partial charge in [0.05, 0.1) is 13.3 Å². The van der Waals surface area contributed by atoms with Crippen molar-refractivity contribution in [2.45, 2.75) is 18.9 Å². The molecule has 2 aromatic carbocycles. The van der Waals surface area contributed by atoms with Gasteiger partial charge in [0, 0.05) is 30.4 Å². The second kappa shape index (κ2) is 8.61. The average Bonchev–Trinajstić information content (AvgIpc) is 3.25. The topological polar surface area (TPSA) is 54.5 Å². The van der Waals surface area contributed by atoms with Crippen molar-refractivity contribution < 1.29 is 13.9 Å². The first-order valence-corrected chi connectivity index (χ1v) is 10.4. The maximum Gasteiger partial charge on any atom is 0.263 e. The summed E-state index contributed by atoms with van der Waals surface area (Å²) in [5.41, 5.74) is 1.58. The van der Waals surface area contributed by atoms with Gasteiger partial charge < -0.3 is 15.0 Å². The minimum absolute atomic E-state index is 0.121. The van der Waals surface area contributed by atoms with E-state index >= 15 is 0 Å². The molecule has 1 aliphatic rings. The molecule has 3 aromatic rings. The summed E-state index contributed by atoms with van der Waals surface area (Å²) in [7, 11) is 1.66. The van der Waals surface area contributed by atoms with Crippen molar-refractivity contribution in [3.8, 4) is 16.3 Å². The summed E-state index contributed by atoms with van der Waals surface area (Å²) >= 11 is 1.21. The summed E-state index contributed by atoms with van der Waals surface area (Å²) in [5, 5.41) is 3.61. The number of rotatable bonds is 5. The third-order valence-corrected chi connectivity index (χ3v) is 6.13. The van der Waals surface area contributed by atoms with Crippen LogP contribution in [-0.2, 0) is 0 Å². The lowest BCUT2D eigenvalue weighted by Gasteiger charge is -2.34. The highest BCUT2D eigenvalue weighted by atomic mass is 32.1. The van der Waals surface area contributed by atoms with Crippen molar-refractivity contribution in [2.24, 2.45) is 0 Å². The first kappa shape index (κ1) is 19.4. The van der Waals surface area contributed by atoms with Gasteiger partial charge in [-0.1, -0.05) is 12.1 Å². The SMILES string of the molecule is COc1ccc(N2CCC(NC(=O)c3cnc(-c4ccccc4F)s3)CC2)cc1. The highest BCUT2D eigenvalue weighted by molar-refractivity contribution is 7.16. The number of nitrogens with one attached hydrogen (secondary N) is 1. The number of thiazole rings is 1. The van der Waals surface area contributed by atoms with Crippen LogP contribution >= 0.6 is 11.3 Å². The average molecular weight is 412 g/mol. The first-order chi connectivity index (χ1) is 14.1. The van der Waals surface area contributed by atoms with Gasteiger partial charge in [-0.3, -0.25) is 4.79 Å². The quantitative estimate of drug-likeness (QED) is 0.678. The Morgan fingerprint density at radius 2 is 1.90 bits per heavy atom. The number of carbonyl (C=O) groups is 1. The molecule has 4 rings (SSSR count). The van der Waals surface area contributed by atoms with Gasteiger partial charge in [0.2, 0.25) is 0 Å². The fourth-order valence-corrected chi connectivity index (χ4v) is 4.32. The Hall–Kier alpha value is -2.93. The van der Waals surface area contributed by atoms with E-state index in [-0.39, 0.29) is 17.8 Å². The van der Waals surface area contributed by atoms with Gasteiger partial charge in [-0.25, -0.2) is 9.37 Å². The monoisotopic (exact) mass is 411 g/mol. The first-order valence-electron chi connectivity index (χ1n) is 9.54. The van der Waals surface area contributed by atoms with Crippen LogP contribution in [0.3, 0.4) is 0 Å². The van der Waals surface area contributed by atoms with E-state index in [1.165, 1.54) is 23.6 Å². The van der Waals surface area contributed by atoms with Crippen LogP contribution in [0.2, 0.25) is 0 Å². The Morgan fingerprint density at radius 3 is 2.59 bits per heavy atom. The number of halogens is 1. The van der Waals surface area contributed by atoms with E-state index in [1.54, 1.807) is 25.3 Å². The largest absolute Gasteiger partial charge is 0.497 e. The number of hydrogen-bond acceptors (Lipinski definition) is 5. The molecule has 0 spiro atoms. The van der Waals surface area contributed by atoms with Crippen molar-refractivity contribution >= 4 is 22.9 Å². The Bertz CT molecular complexity index is 982. The molecule has 1 N–H and O–H groups in total. The predicted molar refractivity (Wildman–Crippen MR) is 113 cm³/mol. The molecule has 29 heavy (non-hydrogen) atoms. The molecule has 0 radical (unpaired) electrons. The van der Waals surface area contributed by atoms with Gasteiger partial charge in [-0.05, 0) is 49.2 Å². The van der Waals surface area contributed by atoms with E-state index in [0.29, 0.717) is 15.4 Å². The maximum atomic E-state index is 13.9. The van der Waals surface area contributed by atoms with E-state index in [9.17, 15) is 9.18 Å². The Kier molecular flexibility index (Phi) is 5.76. The number of piperidine rings is 1. The molecule has 7 heteroatoms. The maximum absolute atomic E-state index is 13.9. The zero-order valence-electron chi connectivity index (χ0n) is 16.1. The number of benzene rings is 2. The lowest BCUT2D eigenvalue weighted by atomic mass is 10.0. The zero-order chi connectivity index (χ0) is 20.2. The summed E-state index contributed by atoms with van der Waals surface area (Å²) in [6.45, 7) is 1.75. The molecule has 1 aliphatic heterocycles. The molecule has 1 amide bonds. The van der Waals surface area contributed by atoms with Crippen LogP contribution in [0.4, 0.5) is 10.1 Å². The van der Waals surface area contributed by atoms with E-state index < -0.39 is 0 Å².